The number of hydrogen-bond acceptors (Lipinski definition) is 7. The molecular weight excluding hydrogens is 374 g/mol. The van der Waals surface area contributed by atoms with Crippen LogP contribution in [0.4, 0.5) is 8.78 Å². The van der Waals surface area contributed by atoms with Crippen molar-refractivity contribution in [3.63, 3.8) is 0 Å². The fourth-order valence-corrected chi connectivity index (χ4v) is 3.18. The quantitative estimate of drug-likeness (QED) is 0.482. The maximum atomic E-state index is 13.5. The van der Waals surface area contributed by atoms with Gasteiger partial charge in [0.25, 0.3) is 0 Å². The molecule has 0 N–H and O–H groups in total. The molecule has 0 saturated heterocycles. The lowest BCUT2D eigenvalue weighted by Gasteiger charge is -2.07. The Morgan fingerprint density at radius 1 is 1.00 bits per heavy atom. The van der Waals surface area contributed by atoms with E-state index in [1.54, 1.807) is 24.3 Å². The summed E-state index contributed by atoms with van der Waals surface area (Å²) >= 11 is 1.29. The molecule has 0 fully saturated rings. The molecule has 0 aliphatic rings. The van der Waals surface area contributed by atoms with Crippen LogP contribution < -0.4 is 0 Å². The van der Waals surface area contributed by atoms with Crippen molar-refractivity contribution in [2.75, 3.05) is 0 Å². The van der Waals surface area contributed by atoms with Crippen molar-refractivity contribution in [2.45, 2.75) is 17.3 Å². The average Bonchev–Trinajstić information content (AvgIpc) is 3.32. The summed E-state index contributed by atoms with van der Waals surface area (Å²) in [6, 6.07) is 11.7. The molecule has 4 aromatic rings. The minimum atomic E-state index is -0.382. The van der Waals surface area contributed by atoms with Crippen LogP contribution in [0, 0.1) is 11.6 Å². The van der Waals surface area contributed by atoms with Crippen molar-refractivity contribution < 1.29 is 13.2 Å². The second-order valence-electron chi connectivity index (χ2n) is 5.57. The van der Waals surface area contributed by atoms with E-state index in [1.807, 2.05) is 6.92 Å². The van der Waals surface area contributed by atoms with Gasteiger partial charge in [-0.3, -0.25) is 0 Å². The minimum Gasteiger partial charge on any atom is -0.419 e. The van der Waals surface area contributed by atoms with E-state index in [-0.39, 0.29) is 16.9 Å². The van der Waals surface area contributed by atoms with Crippen LogP contribution in [0.3, 0.4) is 0 Å². The van der Waals surface area contributed by atoms with E-state index in [1.165, 1.54) is 40.7 Å². The van der Waals surface area contributed by atoms with E-state index in [0.717, 1.165) is 0 Å². The lowest BCUT2D eigenvalue weighted by atomic mass is 10.2. The van der Waals surface area contributed by atoms with Crippen LogP contribution in [0.5, 0.6) is 0 Å². The zero-order chi connectivity index (χ0) is 18.8. The molecule has 0 aliphatic heterocycles. The van der Waals surface area contributed by atoms with Crippen molar-refractivity contribution in [2.24, 2.45) is 0 Å². The van der Waals surface area contributed by atoms with Gasteiger partial charge in [0.05, 0.1) is 10.9 Å². The maximum absolute atomic E-state index is 13.5. The second-order valence-corrected chi connectivity index (χ2v) is 6.87. The Bertz CT molecular complexity index is 1070. The van der Waals surface area contributed by atoms with E-state index in [9.17, 15) is 8.78 Å². The largest absolute Gasteiger partial charge is 0.419 e. The summed E-state index contributed by atoms with van der Waals surface area (Å²) in [5.74, 6) is -0.0604. The summed E-state index contributed by atoms with van der Waals surface area (Å²) in [4.78, 5) is 0. The van der Waals surface area contributed by atoms with E-state index >= 15 is 0 Å². The summed E-state index contributed by atoms with van der Waals surface area (Å²) in [5, 5.41) is 19.8. The number of thioether (sulfide) groups is 1. The summed E-state index contributed by atoms with van der Waals surface area (Å²) in [6.07, 6.45) is 0. The predicted molar refractivity (Wildman–Crippen MR) is 93.1 cm³/mol. The smallest absolute Gasteiger partial charge is 0.247 e. The highest BCUT2D eigenvalue weighted by molar-refractivity contribution is 7.99. The number of tetrazole rings is 1. The monoisotopic (exact) mass is 386 g/mol. The zero-order valence-corrected chi connectivity index (χ0v) is 14.8. The molecule has 10 heteroatoms. The maximum Gasteiger partial charge on any atom is 0.247 e. The van der Waals surface area contributed by atoms with Gasteiger partial charge in [-0.25, -0.2) is 8.78 Å². The molecule has 27 heavy (non-hydrogen) atoms. The molecule has 0 bridgehead atoms. The molecule has 7 nitrogen and oxygen atoms in total. The highest BCUT2D eigenvalue weighted by Gasteiger charge is 2.20. The third-order valence-electron chi connectivity index (χ3n) is 3.66. The number of halogens is 2. The SMILES string of the molecule is CC(Sc1nnnn1-c1cccc(F)c1)c1nnc(-c2ccc(F)cc2)o1. The molecular formula is C17H12F2N6OS. The van der Waals surface area contributed by atoms with Crippen LogP contribution in [0.1, 0.15) is 18.1 Å². The first-order valence-electron chi connectivity index (χ1n) is 7.90. The number of hydrogen-bond donors (Lipinski definition) is 0. The highest BCUT2D eigenvalue weighted by Crippen LogP contribution is 2.34. The molecule has 0 saturated carbocycles. The van der Waals surface area contributed by atoms with Crippen LogP contribution >= 0.6 is 11.8 Å². The van der Waals surface area contributed by atoms with Gasteiger partial charge in [-0.1, -0.05) is 17.8 Å². The Balaban J connectivity index is 1.55. The van der Waals surface area contributed by atoms with Crippen LogP contribution in [-0.2, 0) is 0 Å². The minimum absolute atomic E-state index is 0.259. The number of nitrogens with zero attached hydrogens (tertiary/aromatic N) is 6. The van der Waals surface area contributed by atoms with E-state index in [4.69, 9.17) is 4.42 Å². The van der Waals surface area contributed by atoms with Crippen molar-refractivity contribution in [3.8, 4) is 17.1 Å². The fourth-order valence-electron chi connectivity index (χ4n) is 2.34. The van der Waals surface area contributed by atoms with E-state index < -0.39 is 0 Å². The van der Waals surface area contributed by atoms with Crippen LogP contribution in [0.2, 0.25) is 0 Å². The first-order chi connectivity index (χ1) is 13.1. The van der Waals surface area contributed by atoms with Gasteiger partial charge in [0, 0.05) is 5.56 Å². The lowest BCUT2D eigenvalue weighted by Crippen LogP contribution is -2.00. The Labute approximate surface area is 156 Å². The Hall–Kier alpha value is -3.14. The van der Waals surface area contributed by atoms with Gasteiger partial charge < -0.3 is 4.42 Å². The topological polar surface area (TPSA) is 82.5 Å². The normalized spacial score (nSPS) is 12.3. The Morgan fingerprint density at radius 2 is 1.81 bits per heavy atom. The number of rotatable bonds is 5. The van der Waals surface area contributed by atoms with Crippen LogP contribution in [0.25, 0.3) is 17.1 Å². The highest BCUT2D eigenvalue weighted by atomic mass is 32.2. The average molecular weight is 386 g/mol. The summed E-state index contributed by atoms with van der Waals surface area (Å²) in [6.45, 7) is 1.86. The summed E-state index contributed by atoms with van der Waals surface area (Å²) in [5.41, 5.74) is 1.13. The van der Waals surface area contributed by atoms with Crippen LogP contribution in [-0.4, -0.2) is 30.4 Å². The molecule has 1 unspecified atom stereocenters. The van der Waals surface area contributed by atoms with Crippen LogP contribution in [0.15, 0.2) is 58.1 Å². The molecule has 0 amide bonds. The molecule has 2 heterocycles. The zero-order valence-electron chi connectivity index (χ0n) is 14.0. The summed E-state index contributed by atoms with van der Waals surface area (Å²) in [7, 11) is 0. The molecule has 0 aliphatic carbocycles. The van der Waals surface area contributed by atoms with Crippen molar-refractivity contribution >= 4 is 11.8 Å². The lowest BCUT2D eigenvalue weighted by molar-refractivity contribution is 0.508. The van der Waals surface area contributed by atoms with Gasteiger partial charge in [-0.2, -0.15) is 4.68 Å². The van der Waals surface area contributed by atoms with Gasteiger partial charge in [0.2, 0.25) is 16.9 Å². The molecule has 2 aromatic carbocycles. The van der Waals surface area contributed by atoms with Gasteiger partial charge in [-0.15, -0.1) is 15.3 Å². The van der Waals surface area contributed by atoms with Crippen molar-refractivity contribution in [1.82, 2.24) is 30.4 Å². The van der Waals surface area contributed by atoms with Gasteiger partial charge >= 0.3 is 0 Å². The van der Waals surface area contributed by atoms with Gasteiger partial charge in [-0.05, 0) is 59.8 Å². The molecule has 4 rings (SSSR count). The Morgan fingerprint density at radius 3 is 2.59 bits per heavy atom. The number of benzene rings is 2. The van der Waals surface area contributed by atoms with E-state index in [2.05, 4.69) is 25.7 Å². The first kappa shape index (κ1) is 17.3. The van der Waals surface area contributed by atoms with Crippen molar-refractivity contribution in [3.05, 3.63) is 66.1 Å². The van der Waals surface area contributed by atoms with Gasteiger partial charge in [0.15, 0.2) is 0 Å². The molecule has 0 spiro atoms. The predicted octanol–water partition coefficient (Wildman–Crippen LogP) is 3.84. The fraction of sp³-hybridized carbons (Fsp3) is 0.118. The van der Waals surface area contributed by atoms with E-state index in [0.29, 0.717) is 28.2 Å². The molecule has 2 aromatic heterocycles. The third-order valence-corrected chi connectivity index (χ3v) is 4.68. The summed E-state index contributed by atoms with van der Waals surface area (Å²) < 4.78 is 33.6. The Kier molecular flexibility index (Phi) is 4.63. The molecule has 0 radical (unpaired) electrons. The standard InChI is InChI=1S/C17H12F2N6OS/c1-10(15-20-21-16(26-15)11-5-7-12(18)8-6-11)27-17-22-23-24-25(17)14-4-2-3-13(19)9-14/h2-10H,1H3. The molecule has 1 atom stereocenters. The van der Waals surface area contributed by atoms with Crippen molar-refractivity contribution in [1.29, 1.82) is 0 Å². The molecule has 136 valence electrons. The number of aromatic nitrogens is 6. The first-order valence-corrected chi connectivity index (χ1v) is 8.78. The third kappa shape index (κ3) is 3.70. The van der Waals surface area contributed by atoms with Gasteiger partial charge in [0.1, 0.15) is 11.6 Å². The second kappa shape index (κ2) is 7.23.